The smallest absolute Gasteiger partial charge is 0.164 e. The summed E-state index contributed by atoms with van der Waals surface area (Å²) in [7, 11) is 0. The topological polar surface area (TPSA) is 61.4 Å². The van der Waals surface area contributed by atoms with Crippen LogP contribution in [0, 0.1) is 0 Å². The van der Waals surface area contributed by atoms with Crippen molar-refractivity contribution in [3.8, 4) is 44.8 Å². The second-order valence-corrected chi connectivity index (χ2v) is 14.9. The minimum atomic E-state index is -0.206. The van der Waals surface area contributed by atoms with Crippen LogP contribution < -0.4 is 0 Å². The number of benzene rings is 4. The van der Waals surface area contributed by atoms with Crippen LogP contribution in [0.25, 0.3) is 67.1 Å². The lowest BCUT2D eigenvalue weighted by Crippen LogP contribution is -2.19. The van der Waals surface area contributed by atoms with E-state index in [0.717, 1.165) is 78.7 Å². The van der Waals surface area contributed by atoms with E-state index in [2.05, 4.69) is 148 Å². The molecule has 0 aliphatic carbocycles. The van der Waals surface area contributed by atoms with Gasteiger partial charge in [-0.25, -0.2) is 19.9 Å². The molecule has 0 amide bonds. The molecule has 6 heteroatoms. The van der Waals surface area contributed by atoms with Gasteiger partial charge in [-0.3, -0.25) is 9.13 Å². The van der Waals surface area contributed by atoms with E-state index < -0.39 is 0 Å². The molecule has 0 saturated carbocycles. The second kappa shape index (κ2) is 11.9. The number of fused-ring (bicyclic) bond motifs is 2. The molecule has 0 aliphatic rings. The van der Waals surface area contributed by atoms with Gasteiger partial charge in [0.25, 0.3) is 0 Å². The van der Waals surface area contributed by atoms with Gasteiger partial charge in [0.15, 0.2) is 11.3 Å². The summed E-state index contributed by atoms with van der Waals surface area (Å²) in [5, 5.41) is 0. The van der Waals surface area contributed by atoms with Crippen molar-refractivity contribution in [3.63, 3.8) is 0 Å². The molecule has 0 fully saturated rings. The van der Waals surface area contributed by atoms with Gasteiger partial charge in [-0.1, -0.05) is 126 Å². The van der Waals surface area contributed by atoms with Crippen molar-refractivity contribution >= 4 is 22.3 Å². The van der Waals surface area contributed by atoms with Crippen molar-refractivity contribution in [2.75, 3.05) is 0 Å². The van der Waals surface area contributed by atoms with Gasteiger partial charge >= 0.3 is 0 Å². The predicted octanol–water partition coefficient (Wildman–Crippen LogP) is 10.8. The summed E-state index contributed by atoms with van der Waals surface area (Å²) in [6.07, 6.45) is 3.70. The number of para-hydroxylation sites is 2. The van der Waals surface area contributed by atoms with Gasteiger partial charge in [-0.05, 0) is 58.7 Å². The molecule has 0 saturated heterocycles. The minimum Gasteiger partial charge on any atom is -0.280 e. The molecule has 0 bridgehead atoms. The van der Waals surface area contributed by atoms with Crippen molar-refractivity contribution < 1.29 is 0 Å². The quantitative estimate of drug-likeness (QED) is 0.186. The first-order valence-corrected chi connectivity index (χ1v) is 17.2. The lowest BCUT2D eigenvalue weighted by atomic mass is 9.88. The third-order valence-corrected chi connectivity index (χ3v) is 9.19. The highest BCUT2D eigenvalue weighted by Crippen LogP contribution is 2.43. The van der Waals surface area contributed by atoms with Gasteiger partial charge in [-0.15, -0.1) is 0 Å². The Morgan fingerprint density at radius 2 is 0.700 bits per heavy atom. The van der Waals surface area contributed by atoms with Crippen LogP contribution in [0.4, 0.5) is 0 Å². The molecule has 0 N–H and O–H groups in total. The maximum absolute atomic E-state index is 5.10. The molecule has 50 heavy (non-hydrogen) atoms. The first kappa shape index (κ1) is 31.4. The molecule has 6 nitrogen and oxygen atoms in total. The summed E-state index contributed by atoms with van der Waals surface area (Å²) < 4.78 is 4.49. The molecule has 4 aromatic carbocycles. The van der Waals surface area contributed by atoms with Gasteiger partial charge < -0.3 is 0 Å². The van der Waals surface area contributed by atoms with E-state index >= 15 is 0 Å². The van der Waals surface area contributed by atoms with Crippen LogP contribution in [-0.4, -0.2) is 29.1 Å². The first-order chi connectivity index (χ1) is 24.1. The normalized spacial score (nSPS) is 12.2. The highest BCUT2D eigenvalue weighted by Gasteiger charge is 2.28. The van der Waals surface area contributed by atoms with E-state index in [4.69, 9.17) is 19.9 Å². The lowest BCUT2D eigenvalue weighted by molar-refractivity contribution is 0.539. The zero-order valence-electron chi connectivity index (χ0n) is 29.4. The van der Waals surface area contributed by atoms with Gasteiger partial charge in [0.2, 0.25) is 0 Å². The zero-order chi connectivity index (χ0) is 34.6. The number of imidazole rings is 2. The molecule has 246 valence electrons. The molecule has 0 unspecified atom stereocenters. The van der Waals surface area contributed by atoms with Crippen LogP contribution in [-0.2, 0) is 10.8 Å². The van der Waals surface area contributed by atoms with Crippen molar-refractivity contribution in [2.24, 2.45) is 0 Å². The predicted molar refractivity (Wildman–Crippen MR) is 205 cm³/mol. The highest BCUT2D eigenvalue weighted by molar-refractivity contribution is 5.95. The summed E-state index contributed by atoms with van der Waals surface area (Å²) >= 11 is 0. The first-order valence-electron chi connectivity index (χ1n) is 17.2. The fraction of sp³-hybridized carbons (Fsp3) is 0.182. The van der Waals surface area contributed by atoms with Crippen molar-refractivity contribution in [3.05, 3.63) is 145 Å². The van der Waals surface area contributed by atoms with E-state index in [-0.39, 0.29) is 10.8 Å². The Balaban J connectivity index is 1.36. The largest absolute Gasteiger partial charge is 0.280 e. The van der Waals surface area contributed by atoms with E-state index in [1.807, 2.05) is 36.7 Å². The average molecular weight is 653 g/mol. The Morgan fingerprint density at radius 1 is 0.380 bits per heavy atom. The maximum atomic E-state index is 5.10. The summed E-state index contributed by atoms with van der Waals surface area (Å²) in [6.45, 7) is 13.2. The number of aromatic nitrogens is 6. The van der Waals surface area contributed by atoms with E-state index in [9.17, 15) is 0 Å². The van der Waals surface area contributed by atoms with E-state index in [1.54, 1.807) is 0 Å². The SMILES string of the molecule is CC(C)(C)c1nc2cccnc2n1-c1ccccc1-c1ccccc1-c1ccccc1-c1ccccc1-n1c(C(C)(C)C)nc2cccnc21. The fourth-order valence-electron chi connectivity index (χ4n) is 6.99. The molecule has 4 aromatic heterocycles. The van der Waals surface area contributed by atoms with Crippen LogP contribution in [0.2, 0.25) is 0 Å². The standard InChI is InChI=1S/C44H40N6/c1-43(2,3)41-47-35-23-15-27-45-39(35)49(41)37-25-13-11-21-33(37)31-19-9-7-17-29(31)30-18-8-10-20-32(30)34-22-12-14-26-38(34)50-40-36(24-16-28-46-40)48-42(50)44(4,5)6/h7-28H,1-6H3. The van der Waals surface area contributed by atoms with E-state index in [1.165, 1.54) is 0 Å². The Kier molecular flexibility index (Phi) is 7.48. The highest BCUT2D eigenvalue weighted by atomic mass is 15.2. The third kappa shape index (κ3) is 5.28. The molecular formula is C44H40N6. The van der Waals surface area contributed by atoms with Gasteiger partial charge in [-0.2, -0.15) is 0 Å². The van der Waals surface area contributed by atoms with Crippen molar-refractivity contribution in [1.29, 1.82) is 0 Å². The number of pyridine rings is 2. The summed E-state index contributed by atoms with van der Waals surface area (Å²) in [5.41, 5.74) is 12.0. The number of rotatable bonds is 5. The summed E-state index contributed by atoms with van der Waals surface area (Å²) in [4.78, 5) is 19.9. The summed E-state index contributed by atoms with van der Waals surface area (Å²) in [6, 6.07) is 42.7. The fourth-order valence-corrected chi connectivity index (χ4v) is 6.99. The molecule has 4 heterocycles. The monoisotopic (exact) mass is 652 g/mol. The summed E-state index contributed by atoms with van der Waals surface area (Å²) in [5.74, 6) is 1.95. The van der Waals surface area contributed by atoms with E-state index in [0.29, 0.717) is 0 Å². The molecule has 0 radical (unpaired) electrons. The molecular weight excluding hydrogens is 613 g/mol. The number of hydrogen-bond acceptors (Lipinski definition) is 4. The molecule has 0 atom stereocenters. The van der Waals surface area contributed by atoms with Crippen LogP contribution in [0.1, 0.15) is 53.2 Å². The van der Waals surface area contributed by atoms with Gasteiger partial charge in [0.1, 0.15) is 22.7 Å². The Morgan fingerprint density at radius 3 is 1.06 bits per heavy atom. The third-order valence-electron chi connectivity index (χ3n) is 9.19. The molecule has 8 rings (SSSR count). The molecule has 0 spiro atoms. The molecule has 0 aliphatic heterocycles. The second-order valence-electron chi connectivity index (χ2n) is 14.9. The Hall–Kier alpha value is -5.88. The minimum absolute atomic E-state index is 0.206. The molecule has 8 aromatic rings. The zero-order valence-corrected chi connectivity index (χ0v) is 29.4. The average Bonchev–Trinajstić information content (AvgIpc) is 3.72. The van der Waals surface area contributed by atoms with Crippen LogP contribution in [0.3, 0.4) is 0 Å². The Bertz CT molecular complexity index is 2340. The maximum Gasteiger partial charge on any atom is 0.164 e. The Labute approximate surface area is 293 Å². The van der Waals surface area contributed by atoms with Crippen molar-refractivity contribution in [2.45, 2.75) is 52.4 Å². The number of nitrogens with zero attached hydrogens (tertiary/aromatic N) is 6. The van der Waals surface area contributed by atoms with Gasteiger partial charge in [0.05, 0.1) is 11.4 Å². The lowest BCUT2D eigenvalue weighted by Gasteiger charge is -2.23. The van der Waals surface area contributed by atoms with Crippen LogP contribution in [0.15, 0.2) is 134 Å². The van der Waals surface area contributed by atoms with Crippen LogP contribution >= 0.6 is 0 Å². The van der Waals surface area contributed by atoms with Crippen molar-refractivity contribution in [1.82, 2.24) is 29.1 Å². The van der Waals surface area contributed by atoms with Gasteiger partial charge in [0, 0.05) is 34.4 Å². The number of hydrogen-bond donors (Lipinski definition) is 0. The van der Waals surface area contributed by atoms with Crippen LogP contribution in [0.5, 0.6) is 0 Å².